The van der Waals surface area contributed by atoms with Crippen molar-refractivity contribution in [1.82, 2.24) is 0 Å². The molecule has 0 saturated heterocycles. The zero-order chi connectivity index (χ0) is 9.97. The van der Waals surface area contributed by atoms with Gasteiger partial charge in [-0.05, 0) is 12.1 Å². The molecule has 1 heterocycles. The summed E-state index contributed by atoms with van der Waals surface area (Å²) < 4.78 is 0. The fourth-order valence-electron chi connectivity index (χ4n) is 1.32. The first-order chi connectivity index (χ1) is 6.81. The molecule has 0 fully saturated rings. The van der Waals surface area contributed by atoms with Crippen LogP contribution in [0.3, 0.4) is 0 Å². The summed E-state index contributed by atoms with van der Waals surface area (Å²) >= 11 is 0. The maximum atomic E-state index is 10.6. The van der Waals surface area contributed by atoms with E-state index in [-0.39, 0.29) is 5.75 Å². The van der Waals surface area contributed by atoms with Gasteiger partial charge in [-0.1, -0.05) is 12.1 Å². The highest BCUT2D eigenvalue weighted by Crippen LogP contribution is 2.17. The van der Waals surface area contributed by atoms with Gasteiger partial charge in [-0.15, -0.1) is 0 Å². The van der Waals surface area contributed by atoms with E-state index in [2.05, 4.69) is 10.2 Å². The van der Waals surface area contributed by atoms with E-state index in [4.69, 9.17) is 0 Å². The summed E-state index contributed by atoms with van der Waals surface area (Å²) in [4.78, 5) is 10.6. The zero-order valence-electron chi connectivity index (χ0n) is 7.29. The van der Waals surface area contributed by atoms with E-state index in [9.17, 15) is 9.90 Å². The highest BCUT2D eigenvalue weighted by Gasteiger charge is 2.19. The molecule has 0 bridgehead atoms. The van der Waals surface area contributed by atoms with Crippen LogP contribution in [0.25, 0.3) is 0 Å². The molecule has 4 nitrogen and oxygen atoms in total. The lowest BCUT2D eigenvalue weighted by molar-refractivity contribution is -0.108. The molecule has 4 heteroatoms. The van der Waals surface area contributed by atoms with Crippen molar-refractivity contribution in [2.75, 3.05) is 0 Å². The van der Waals surface area contributed by atoms with Gasteiger partial charge in [0.05, 0.1) is 11.6 Å². The smallest absolute Gasteiger partial charge is 0.134 e. The summed E-state index contributed by atoms with van der Waals surface area (Å²) in [6.07, 6.45) is 2.26. The molecule has 0 unspecified atom stereocenters. The van der Waals surface area contributed by atoms with Crippen LogP contribution in [-0.2, 0) is 4.79 Å². The Kier molecular flexibility index (Phi) is 2.10. The number of nitrogens with zero attached hydrogens (tertiary/aromatic N) is 2. The zero-order valence-corrected chi connectivity index (χ0v) is 7.29. The number of hydrogen-bond acceptors (Lipinski definition) is 4. The van der Waals surface area contributed by atoms with Crippen LogP contribution in [0.5, 0.6) is 5.75 Å². The number of phenolic OH excluding ortho intramolecular Hbond substituents is 1. The maximum Gasteiger partial charge on any atom is 0.134 e. The lowest BCUT2D eigenvalue weighted by Crippen LogP contribution is -2.14. The van der Waals surface area contributed by atoms with Crippen LogP contribution in [0.15, 0.2) is 34.5 Å². The van der Waals surface area contributed by atoms with Gasteiger partial charge in [-0.25, -0.2) is 0 Å². The molecule has 2 rings (SSSR count). The standard InChI is InChI=1S/C10H8N2O2/c13-6-8-5-11-12-10(8)7-2-1-3-9(14)4-7/h1-6,8,14H/t8-/m0/s1. The quantitative estimate of drug-likeness (QED) is 0.703. The number of phenols is 1. The molecule has 0 saturated carbocycles. The molecule has 0 aromatic heterocycles. The molecule has 14 heavy (non-hydrogen) atoms. The Balaban J connectivity index is 2.37. The summed E-state index contributed by atoms with van der Waals surface area (Å²) in [6.45, 7) is 0. The summed E-state index contributed by atoms with van der Waals surface area (Å²) in [5.74, 6) is -0.237. The predicted molar refractivity (Wildman–Crippen MR) is 52.7 cm³/mol. The SMILES string of the molecule is O=C[C@@H]1C=NN=C1c1cccc(O)c1. The minimum Gasteiger partial charge on any atom is -0.508 e. The second-order valence-corrected chi connectivity index (χ2v) is 2.96. The molecule has 70 valence electrons. The number of aldehydes is 1. The third kappa shape index (κ3) is 1.42. The van der Waals surface area contributed by atoms with Crippen molar-refractivity contribution in [3.8, 4) is 5.75 Å². The molecular formula is C10H8N2O2. The van der Waals surface area contributed by atoms with Crippen molar-refractivity contribution < 1.29 is 9.90 Å². The summed E-state index contributed by atoms with van der Waals surface area (Å²) in [5, 5.41) is 16.8. The Morgan fingerprint density at radius 2 is 2.29 bits per heavy atom. The normalized spacial score (nSPS) is 19.4. The average Bonchev–Trinajstić information content (AvgIpc) is 2.65. The molecule has 0 amide bonds. The van der Waals surface area contributed by atoms with Crippen molar-refractivity contribution in [2.24, 2.45) is 16.1 Å². The van der Waals surface area contributed by atoms with E-state index in [1.165, 1.54) is 6.21 Å². The van der Waals surface area contributed by atoms with Gasteiger partial charge in [0.2, 0.25) is 0 Å². The van der Waals surface area contributed by atoms with Crippen LogP contribution in [0.2, 0.25) is 0 Å². The Labute approximate surface area is 80.6 Å². The monoisotopic (exact) mass is 188 g/mol. The number of rotatable bonds is 2. The largest absolute Gasteiger partial charge is 0.508 e. The molecular weight excluding hydrogens is 180 g/mol. The molecule has 1 aromatic rings. The van der Waals surface area contributed by atoms with E-state index in [0.29, 0.717) is 5.71 Å². The molecule has 1 aliphatic heterocycles. The van der Waals surface area contributed by atoms with Gasteiger partial charge >= 0.3 is 0 Å². The molecule has 0 aliphatic carbocycles. The fourth-order valence-corrected chi connectivity index (χ4v) is 1.32. The summed E-state index contributed by atoms with van der Waals surface area (Å²) in [6, 6.07) is 6.61. The average molecular weight is 188 g/mol. The number of benzene rings is 1. The Hall–Kier alpha value is -1.97. The minimum atomic E-state index is -0.392. The number of carbonyl (C=O) groups is 1. The van der Waals surface area contributed by atoms with Gasteiger partial charge < -0.3 is 9.90 Å². The lowest BCUT2D eigenvalue weighted by Gasteiger charge is -2.03. The van der Waals surface area contributed by atoms with Crippen molar-refractivity contribution in [3.05, 3.63) is 29.8 Å². The third-order valence-corrected chi connectivity index (χ3v) is 2.00. The Morgan fingerprint density at radius 1 is 1.43 bits per heavy atom. The van der Waals surface area contributed by atoms with E-state index < -0.39 is 5.92 Å². The molecule has 1 aliphatic rings. The van der Waals surface area contributed by atoms with Crippen molar-refractivity contribution in [2.45, 2.75) is 0 Å². The van der Waals surface area contributed by atoms with E-state index >= 15 is 0 Å². The maximum absolute atomic E-state index is 10.6. The van der Waals surface area contributed by atoms with Gasteiger partial charge in [0.1, 0.15) is 12.0 Å². The van der Waals surface area contributed by atoms with Crippen LogP contribution in [0.4, 0.5) is 0 Å². The molecule has 1 atom stereocenters. The molecule has 0 spiro atoms. The van der Waals surface area contributed by atoms with Crippen molar-refractivity contribution in [3.63, 3.8) is 0 Å². The highest BCUT2D eigenvalue weighted by molar-refractivity contribution is 6.19. The van der Waals surface area contributed by atoms with Crippen molar-refractivity contribution in [1.29, 1.82) is 0 Å². The lowest BCUT2D eigenvalue weighted by atomic mass is 9.99. The number of aromatic hydroxyl groups is 1. The topological polar surface area (TPSA) is 62.0 Å². The van der Waals surface area contributed by atoms with E-state index in [0.717, 1.165) is 11.8 Å². The van der Waals surface area contributed by atoms with Gasteiger partial charge in [0, 0.05) is 11.8 Å². The predicted octanol–water partition coefficient (Wildman–Crippen LogP) is 0.996. The van der Waals surface area contributed by atoms with Crippen LogP contribution < -0.4 is 0 Å². The molecule has 1 aromatic carbocycles. The summed E-state index contributed by atoms with van der Waals surface area (Å²) in [7, 11) is 0. The van der Waals surface area contributed by atoms with Gasteiger partial charge in [0.25, 0.3) is 0 Å². The first-order valence-corrected chi connectivity index (χ1v) is 4.17. The number of hydrogen-bond donors (Lipinski definition) is 1. The minimum absolute atomic E-state index is 0.154. The first kappa shape index (κ1) is 8.62. The highest BCUT2D eigenvalue weighted by atomic mass is 16.3. The number of carbonyl (C=O) groups excluding carboxylic acids is 1. The van der Waals surface area contributed by atoms with E-state index in [1.54, 1.807) is 24.3 Å². The molecule has 1 N–H and O–H groups in total. The van der Waals surface area contributed by atoms with Crippen molar-refractivity contribution >= 4 is 18.2 Å². The Morgan fingerprint density at radius 3 is 3.00 bits per heavy atom. The van der Waals surface area contributed by atoms with Crippen LogP contribution in [0.1, 0.15) is 5.56 Å². The second kappa shape index (κ2) is 3.41. The third-order valence-electron chi connectivity index (χ3n) is 2.00. The fraction of sp³-hybridized carbons (Fsp3) is 0.100. The Bertz CT molecular complexity index is 424. The van der Waals surface area contributed by atoms with Gasteiger partial charge in [-0.2, -0.15) is 10.2 Å². The van der Waals surface area contributed by atoms with Gasteiger partial charge in [0.15, 0.2) is 0 Å². The molecule has 0 radical (unpaired) electrons. The van der Waals surface area contributed by atoms with Gasteiger partial charge in [-0.3, -0.25) is 0 Å². The first-order valence-electron chi connectivity index (χ1n) is 4.17. The van der Waals surface area contributed by atoms with Crippen LogP contribution >= 0.6 is 0 Å². The second-order valence-electron chi connectivity index (χ2n) is 2.96. The van der Waals surface area contributed by atoms with Crippen LogP contribution in [-0.4, -0.2) is 23.3 Å². The van der Waals surface area contributed by atoms with Crippen LogP contribution in [0, 0.1) is 5.92 Å². The summed E-state index contributed by atoms with van der Waals surface area (Å²) in [5.41, 5.74) is 1.30. The van der Waals surface area contributed by atoms with E-state index in [1.807, 2.05) is 0 Å².